The summed E-state index contributed by atoms with van der Waals surface area (Å²) >= 11 is 0. The van der Waals surface area contributed by atoms with Crippen molar-refractivity contribution in [1.29, 1.82) is 0 Å². The van der Waals surface area contributed by atoms with Crippen molar-refractivity contribution in [3.05, 3.63) is 0 Å². The van der Waals surface area contributed by atoms with Crippen LogP contribution in [0.25, 0.3) is 0 Å². The van der Waals surface area contributed by atoms with Gasteiger partial charge in [0, 0.05) is 6.54 Å². The van der Waals surface area contributed by atoms with Gasteiger partial charge >= 0.3 is 0 Å². The maximum absolute atomic E-state index is 5.67. The fraction of sp³-hybridized carbons (Fsp3) is 0.818. The Morgan fingerprint density at radius 2 is 2.00 bits per heavy atom. The number of anilines is 2. The summed E-state index contributed by atoms with van der Waals surface area (Å²) in [6, 6.07) is 0.515. The molecule has 5 heteroatoms. The van der Waals surface area contributed by atoms with Gasteiger partial charge in [0.15, 0.2) is 0 Å². The Kier molecular flexibility index (Phi) is 2.46. The molecule has 88 valence electrons. The Hall–Kier alpha value is -1.26. The Morgan fingerprint density at radius 3 is 2.81 bits per heavy atom. The molecule has 0 radical (unpaired) electrons. The van der Waals surface area contributed by atoms with E-state index in [1.807, 2.05) is 4.68 Å². The van der Waals surface area contributed by atoms with Gasteiger partial charge in [-0.3, -0.25) is 0 Å². The molecule has 1 aliphatic heterocycles. The molecule has 1 atom stereocenters. The van der Waals surface area contributed by atoms with Crippen LogP contribution in [-0.2, 0) is 0 Å². The van der Waals surface area contributed by atoms with Crippen LogP contribution in [0.15, 0.2) is 0 Å². The van der Waals surface area contributed by atoms with Gasteiger partial charge in [0.2, 0.25) is 11.9 Å². The van der Waals surface area contributed by atoms with Crippen LogP contribution >= 0.6 is 0 Å². The summed E-state index contributed by atoms with van der Waals surface area (Å²) in [6.45, 7) is 0.999. The molecule has 1 aliphatic carbocycles. The van der Waals surface area contributed by atoms with Crippen molar-refractivity contribution in [2.45, 2.75) is 44.6 Å². The summed E-state index contributed by atoms with van der Waals surface area (Å²) in [7, 11) is 0. The Balaban J connectivity index is 1.85. The van der Waals surface area contributed by atoms with Crippen LogP contribution in [0.2, 0.25) is 0 Å². The molecule has 2 aliphatic rings. The average molecular weight is 221 g/mol. The van der Waals surface area contributed by atoms with E-state index in [9.17, 15) is 0 Å². The third kappa shape index (κ3) is 1.64. The topological polar surface area (TPSA) is 68.8 Å². The van der Waals surface area contributed by atoms with Crippen molar-refractivity contribution < 1.29 is 0 Å². The van der Waals surface area contributed by atoms with Crippen LogP contribution < -0.4 is 11.1 Å². The number of rotatable bonds is 1. The summed E-state index contributed by atoms with van der Waals surface area (Å²) in [6.07, 6.45) is 7.96. The lowest BCUT2D eigenvalue weighted by Crippen LogP contribution is -2.30. The van der Waals surface area contributed by atoms with Crippen LogP contribution in [-0.4, -0.2) is 21.3 Å². The molecule has 1 aromatic heterocycles. The second-order valence-corrected chi connectivity index (χ2v) is 4.92. The molecular formula is C11H19N5. The van der Waals surface area contributed by atoms with E-state index in [0.717, 1.165) is 24.8 Å². The minimum absolute atomic E-state index is 0.394. The number of hydrogen-bond acceptors (Lipinski definition) is 4. The summed E-state index contributed by atoms with van der Waals surface area (Å²) in [5.41, 5.74) is 5.67. The standard InChI is InChI=1S/C11H19N5/c12-10-14-11-13-7-6-9(16(11)15-10)8-4-2-1-3-5-8/h8-9H,1-7H2,(H3,12,13,14,15). The highest BCUT2D eigenvalue weighted by Gasteiger charge is 2.30. The number of nitrogens with zero attached hydrogens (tertiary/aromatic N) is 3. The SMILES string of the molecule is Nc1nc2n(n1)C(C1CCCCC1)CCN2. The van der Waals surface area contributed by atoms with Crippen molar-refractivity contribution in [3.8, 4) is 0 Å². The molecule has 2 heterocycles. The lowest BCUT2D eigenvalue weighted by Gasteiger charge is -2.33. The first-order valence-electron chi connectivity index (χ1n) is 6.30. The first-order valence-corrected chi connectivity index (χ1v) is 6.30. The van der Waals surface area contributed by atoms with Crippen molar-refractivity contribution in [1.82, 2.24) is 14.8 Å². The number of fused-ring (bicyclic) bond motifs is 1. The monoisotopic (exact) mass is 221 g/mol. The molecule has 0 spiro atoms. The summed E-state index contributed by atoms with van der Waals surface area (Å²) in [5.74, 6) is 2.03. The lowest BCUT2D eigenvalue weighted by molar-refractivity contribution is 0.222. The fourth-order valence-corrected chi connectivity index (χ4v) is 3.10. The third-order valence-electron chi connectivity index (χ3n) is 3.88. The van der Waals surface area contributed by atoms with Crippen LogP contribution in [0, 0.1) is 5.92 Å². The maximum Gasteiger partial charge on any atom is 0.241 e. The van der Waals surface area contributed by atoms with E-state index in [4.69, 9.17) is 5.73 Å². The molecule has 3 rings (SSSR count). The minimum Gasteiger partial charge on any atom is -0.366 e. The molecule has 1 aromatic rings. The first kappa shape index (κ1) is 9.93. The van der Waals surface area contributed by atoms with E-state index in [2.05, 4.69) is 15.4 Å². The number of hydrogen-bond donors (Lipinski definition) is 2. The third-order valence-corrected chi connectivity index (χ3v) is 3.88. The highest BCUT2D eigenvalue weighted by molar-refractivity contribution is 5.34. The minimum atomic E-state index is 0.394. The predicted molar refractivity (Wildman–Crippen MR) is 63.2 cm³/mol. The van der Waals surface area contributed by atoms with Crippen LogP contribution in [0.5, 0.6) is 0 Å². The number of nitrogen functional groups attached to an aromatic ring is 1. The van der Waals surface area contributed by atoms with Gasteiger partial charge in [0.05, 0.1) is 6.04 Å². The number of nitrogens with one attached hydrogen (secondary N) is 1. The molecule has 0 amide bonds. The van der Waals surface area contributed by atoms with Gasteiger partial charge in [-0.05, 0) is 25.2 Å². The zero-order valence-corrected chi connectivity index (χ0v) is 9.52. The second kappa shape index (κ2) is 3.96. The highest BCUT2D eigenvalue weighted by atomic mass is 15.4. The van der Waals surface area contributed by atoms with Crippen LogP contribution in [0.1, 0.15) is 44.6 Å². The largest absolute Gasteiger partial charge is 0.366 e. The summed E-state index contributed by atoms with van der Waals surface area (Å²) in [5, 5.41) is 7.59. The van der Waals surface area contributed by atoms with Gasteiger partial charge in [-0.1, -0.05) is 19.3 Å². The van der Waals surface area contributed by atoms with E-state index in [1.165, 1.54) is 32.1 Å². The second-order valence-electron chi connectivity index (χ2n) is 4.92. The Labute approximate surface area is 95.4 Å². The molecule has 0 saturated heterocycles. The zero-order valence-electron chi connectivity index (χ0n) is 9.52. The number of aromatic nitrogens is 3. The lowest BCUT2D eigenvalue weighted by atomic mass is 9.82. The zero-order chi connectivity index (χ0) is 11.0. The molecule has 1 fully saturated rings. The van der Waals surface area contributed by atoms with Gasteiger partial charge in [-0.2, -0.15) is 4.98 Å². The summed E-state index contributed by atoms with van der Waals surface area (Å²) in [4.78, 5) is 4.21. The van der Waals surface area contributed by atoms with E-state index in [1.54, 1.807) is 0 Å². The smallest absolute Gasteiger partial charge is 0.241 e. The normalized spacial score (nSPS) is 26.1. The predicted octanol–water partition coefficient (Wildman–Crippen LogP) is 1.80. The maximum atomic E-state index is 5.67. The molecule has 1 saturated carbocycles. The van der Waals surface area contributed by atoms with Gasteiger partial charge in [-0.25, -0.2) is 4.68 Å². The van der Waals surface area contributed by atoms with Gasteiger partial charge in [-0.15, -0.1) is 5.10 Å². The Bertz CT molecular complexity index is 366. The Morgan fingerprint density at radius 1 is 1.19 bits per heavy atom. The first-order chi connectivity index (χ1) is 7.84. The fourth-order valence-electron chi connectivity index (χ4n) is 3.10. The average Bonchev–Trinajstić information content (AvgIpc) is 2.70. The molecule has 0 bridgehead atoms. The molecule has 0 aromatic carbocycles. The van der Waals surface area contributed by atoms with Gasteiger partial charge in [0.1, 0.15) is 0 Å². The molecule has 5 nitrogen and oxygen atoms in total. The van der Waals surface area contributed by atoms with Crippen molar-refractivity contribution in [3.63, 3.8) is 0 Å². The van der Waals surface area contributed by atoms with Gasteiger partial charge < -0.3 is 11.1 Å². The highest BCUT2D eigenvalue weighted by Crippen LogP contribution is 2.37. The van der Waals surface area contributed by atoms with Crippen molar-refractivity contribution >= 4 is 11.9 Å². The van der Waals surface area contributed by atoms with Crippen LogP contribution in [0.3, 0.4) is 0 Å². The van der Waals surface area contributed by atoms with Gasteiger partial charge in [0.25, 0.3) is 0 Å². The molecule has 16 heavy (non-hydrogen) atoms. The molecule has 3 N–H and O–H groups in total. The van der Waals surface area contributed by atoms with Crippen molar-refractivity contribution in [2.24, 2.45) is 5.92 Å². The molecular weight excluding hydrogens is 202 g/mol. The quantitative estimate of drug-likeness (QED) is 0.758. The van der Waals surface area contributed by atoms with E-state index >= 15 is 0 Å². The number of nitrogens with two attached hydrogens (primary N) is 1. The van der Waals surface area contributed by atoms with Crippen molar-refractivity contribution in [2.75, 3.05) is 17.6 Å². The van der Waals surface area contributed by atoms with E-state index in [0.29, 0.717) is 12.0 Å². The summed E-state index contributed by atoms with van der Waals surface area (Å²) < 4.78 is 2.02. The van der Waals surface area contributed by atoms with Crippen LogP contribution in [0.4, 0.5) is 11.9 Å². The molecule has 1 unspecified atom stereocenters. The van der Waals surface area contributed by atoms with E-state index < -0.39 is 0 Å². The van der Waals surface area contributed by atoms with E-state index in [-0.39, 0.29) is 0 Å².